The van der Waals surface area contributed by atoms with E-state index in [0.717, 1.165) is 0 Å². The number of hydrogen-bond donors (Lipinski definition) is 1. The Morgan fingerprint density at radius 1 is 0.975 bits per heavy atom. The molecule has 0 aliphatic heterocycles. The summed E-state index contributed by atoms with van der Waals surface area (Å²) in [7, 11) is 1.79. The lowest BCUT2D eigenvalue weighted by Crippen LogP contribution is -2.46. The zero-order valence-electron chi connectivity index (χ0n) is 22.7. The topological polar surface area (TPSA) is 49.8 Å². The van der Waals surface area contributed by atoms with Gasteiger partial charge in [-0.05, 0) is 81.1 Å². The molecule has 0 aromatic heterocycles. The van der Waals surface area contributed by atoms with Gasteiger partial charge in [0.15, 0.2) is 0 Å². The molecule has 0 heterocycles. The third-order valence-corrected chi connectivity index (χ3v) is 8.20. The SMILES string of the molecule is CCC(CC)(CN(C)[C@@H]1CC[C@H](O[C@H](C)c2cc(C(F)(F)F)cc(C(F)(F)F)c2)[C@H]1c1ccc(F)cc1)C(=O)O. The van der Waals surface area contributed by atoms with Crippen molar-refractivity contribution in [2.24, 2.45) is 5.41 Å². The van der Waals surface area contributed by atoms with E-state index < -0.39 is 58.8 Å². The van der Waals surface area contributed by atoms with Crippen LogP contribution in [0.5, 0.6) is 0 Å². The van der Waals surface area contributed by atoms with Crippen LogP contribution in [-0.2, 0) is 21.9 Å². The summed E-state index contributed by atoms with van der Waals surface area (Å²) in [4.78, 5) is 14.1. The van der Waals surface area contributed by atoms with Crippen LogP contribution in [0.25, 0.3) is 0 Å². The van der Waals surface area contributed by atoms with Crippen molar-refractivity contribution >= 4 is 5.97 Å². The Kier molecular flexibility index (Phi) is 9.61. The number of benzene rings is 2. The molecule has 0 bridgehead atoms. The van der Waals surface area contributed by atoms with E-state index >= 15 is 0 Å². The van der Waals surface area contributed by atoms with E-state index in [1.54, 1.807) is 33.0 Å². The third kappa shape index (κ3) is 6.97. The largest absolute Gasteiger partial charge is 0.481 e. The van der Waals surface area contributed by atoms with Crippen LogP contribution < -0.4 is 0 Å². The molecule has 2 aromatic rings. The van der Waals surface area contributed by atoms with Crippen molar-refractivity contribution in [2.75, 3.05) is 13.6 Å². The molecule has 4 atom stereocenters. The molecule has 0 saturated heterocycles. The van der Waals surface area contributed by atoms with Crippen molar-refractivity contribution in [1.82, 2.24) is 4.90 Å². The molecule has 1 fully saturated rings. The lowest BCUT2D eigenvalue weighted by Gasteiger charge is -2.38. The Morgan fingerprint density at radius 2 is 1.50 bits per heavy atom. The average Bonchev–Trinajstić information content (AvgIpc) is 3.29. The fourth-order valence-corrected chi connectivity index (χ4v) is 5.70. The molecular weight excluding hydrogens is 543 g/mol. The van der Waals surface area contributed by atoms with Gasteiger partial charge in [-0.3, -0.25) is 4.79 Å². The predicted molar refractivity (Wildman–Crippen MR) is 135 cm³/mol. The first-order chi connectivity index (χ1) is 18.5. The van der Waals surface area contributed by atoms with Crippen molar-refractivity contribution in [3.05, 3.63) is 70.5 Å². The molecule has 4 nitrogen and oxygen atoms in total. The van der Waals surface area contributed by atoms with Gasteiger partial charge in [-0.25, -0.2) is 4.39 Å². The van der Waals surface area contributed by atoms with Gasteiger partial charge in [0, 0.05) is 18.5 Å². The second-order valence-corrected chi connectivity index (χ2v) is 10.6. The van der Waals surface area contributed by atoms with Crippen LogP contribution in [0, 0.1) is 11.2 Å². The van der Waals surface area contributed by atoms with Crippen molar-refractivity contribution in [2.45, 2.75) is 83.0 Å². The number of aliphatic carboxylic acids is 1. The Bertz CT molecular complexity index is 1130. The van der Waals surface area contributed by atoms with Crippen LogP contribution in [0.15, 0.2) is 42.5 Å². The fourth-order valence-electron chi connectivity index (χ4n) is 5.70. The van der Waals surface area contributed by atoms with Gasteiger partial charge < -0.3 is 14.7 Å². The molecule has 2 aromatic carbocycles. The second-order valence-electron chi connectivity index (χ2n) is 10.6. The standard InChI is InChI=1S/C29H34F7NO3/c1-5-27(6-2,26(38)39)16-37(4)23-11-12-24(25(23)18-7-9-22(30)10-8-18)40-17(3)19-13-20(28(31,32)33)15-21(14-19)29(34,35)36/h7-10,13-15,17,23-25H,5-6,11-12,16H2,1-4H3,(H,38,39)/t17-,23-,24+,25+/m1/s1. The van der Waals surface area contributed by atoms with Gasteiger partial charge in [-0.1, -0.05) is 26.0 Å². The van der Waals surface area contributed by atoms with Gasteiger partial charge in [0.05, 0.1) is 28.7 Å². The molecule has 222 valence electrons. The molecule has 1 N–H and O–H groups in total. The molecule has 40 heavy (non-hydrogen) atoms. The smallest absolute Gasteiger partial charge is 0.416 e. The lowest BCUT2D eigenvalue weighted by molar-refractivity contribution is -0.151. The quantitative estimate of drug-likeness (QED) is 0.290. The minimum absolute atomic E-state index is 0.0776. The number of carboxylic acid groups (broad SMARTS) is 1. The maximum absolute atomic E-state index is 13.7. The van der Waals surface area contributed by atoms with Crippen molar-refractivity contribution in [3.63, 3.8) is 0 Å². The van der Waals surface area contributed by atoms with E-state index in [0.29, 0.717) is 43.4 Å². The monoisotopic (exact) mass is 577 g/mol. The molecular formula is C29H34F7NO3. The highest BCUT2D eigenvalue weighted by atomic mass is 19.4. The van der Waals surface area contributed by atoms with E-state index in [9.17, 15) is 40.6 Å². The van der Waals surface area contributed by atoms with E-state index in [4.69, 9.17) is 4.74 Å². The Morgan fingerprint density at radius 3 is 1.95 bits per heavy atom. The van der Waals surface area contributed by atoms with Crippen LogP contribution in [0.4, 0.5) is 30.7 Å². The number of carboxylic acids is 1. The highest BCUT2D eigenvalue weighted by Crippen LogP contribution is 2.44. The molecule has 0 unspecified atom stereocenters. The molecule has 3 rings (SSSR count). The van der Waals surface area contributed by atoms with Gasteiger partial charge in [0.1, 0.15) is 5.82 Å². The van der Waals surface area contributed by atoms with Crippen molar-refractivity contribution in [1.29, 1.82) is 0 Å². The van der Waals surface area contributed by atoms with E-state index in [2.05, 4.69) is 0 Å². The Balaban J connectivity index is 1.96. The first-order valence-corrected chi connectivity index (χ1v) is 13.2. The first kappa shape index (κ1) is 31.9. The molecule has 0 radical (unpaired) electrons. The van der Waals surface area contributed by atoms with E-state index in [1.807, 2.05) is 4.90 Å². The highest BCUT2D eigenvalue weighted by molar-refractivity contribution is 5.74. The molecule has 11 heteroatoms. The second kappa shape index (κ2) is 12.1. The molecule has 1 aliphatic rings. The van der Waals surface area contributed by atoms with Crippen LogP contribution in [0.3, 0.4) is 0 Å². The van der Waals surface area contributed by atoms with Gasteiger partial charge in [-0.15, -0.1) is 0 Å². The van der Waals surface area contributed by atoms with Crippen LogP contribution in [0.1, 0.15) is 80.7 Å². The van der Waals surface area contributed by atoms with E-state index in [-0.39, 0.29) is 24.2 Å². The number of hydrogen-bond acceptors (Lipinski definition) is 3. The summed E-state index contributed by atoms with van der Waals surface area (Å²) in [5.74, 6) is -1.82. The maximum Gasteiger partial charge on any atom is 0.416 e. The first-order valence-electron chi connectivity index (χ1n) is 13.2. The fraction of sp³-hybridized carbons (Fsp3) is 0.552. The highest BCUT2D eigenvalue weighted by Gasteiger charge is 2.45. The van der Waals surface area contributed by atoms with Crippen LogP contribution in [-0.4, -0.2) is 41.7 Å². The van der Waals surface area contributed by atoms with Gasteiger partial charge in [0.2, 0.25) is 0 Å². The number of nitrogens with zero attached hydrogens (tertiary/aromatic N) is 1. The summed E-state index contributed by atoms with van der Waals surface area (Å²) in [6.45, 7) is 5.23. The number of likely N-dealkylation sites (N-methyl/N-ethyl adjacent to an activating group) is 1. The minimum atomic E-state index is -4.98. The van der Waals surface area contributed by atoms with E-state index in [1.165, 1.54) is 19.1 Å². The number of alkyl halides is 6. The lowest BCUT2D eigenvalue weighted by atomic mass is 9.81. The van der Waals surface area contributed by atoms with Gasteiger partial charge in [0.25, 0.3) is 0 Å². The third-order valence-electron chi connectivity index (χ3n) is 8.20. The van der Waals surface area contributed by atoms with Gasteiger partial charge in [-0.2, -0.15) is 26.3 Å². The molecule has 0 amide bonds. The predicted octanol–water partition coefficient (Wildman–Crippen LogP) is 8.08. The number of halogens is 7. The maximum atomic E-state index is 13.7. The van der Waals surface area contributed by atoms with Crippen molar-refractivity contribution in [3.8, 4) is 0 Å². The minimum Gasteiger partial charge on any atom is -0.481 e. The molecule has 1 aliphatic carbocycles. The summed E-state index contributed by atoms with van der Waals surface area (Å²) in [5.41, 5.74) is -3.42. The van der Waals surface area contributed by atoms with Crippen LogP contribution in [0.2, 0.25) is 0 Å². The molecule has 1 saturated carbocycles. The number of rotatable bonds is 10. The summed E-state index contributed by atoms with van der Waals surface area (Å²) < 4.78 is 100. The number of ether oxygens (including phenoxy) is 1. The normalized spacial score (nSPS) is 21.1. The average molecular weight is 578 g/mol. The zero-order chi connectivity index (χ0) is 30.0. The van der Waals surface area contributed by atoms with Crippen LogP contribution >= 0.6 is 0 Å². The summed E-state index contributed by atoms with van der Waals surface area (Å²) in [5, 5.41) is 9.93. The summed E-state index contributed by atoms with van der Waals surface area (Å²) in [6.07, 6.45) is -9.97. The van der Waals surface area contributed by atoms with Crippen molar-refractivity contribution < 1.29 is 45.4 Å². The zero-order valence-corrected chi connectivity index (χ0v) is 22.7. The Labute approximate surface area is 229 Å². The number of carbonyl (C=O) groups is 1. The Hall–Kier alpha value is -2.66. The summed E-state index contributed by atoms with van der Waals surface area (Å²) in [6, 6.07) is 6.83. The molecule has 0 spiro atoms. The summed E-state index contributed by atoms with van der Waals surface area (Å²) >= 11 is 0. The van der Waals surface area contributed by atoms with Gasteiger partial charge >= 0.3 is 18.3 Å².